The number of methoxy groups -OCH3 is 1. The SMILES string of the molecule is COc1ccc(C[C@@H](NC(=O)CCc2c[nH]cn2)C(=O)N2CC(OCC3CC3)(c3ccccc3C)C2)cc1. The van der Waals surface area contributed by atoms with Gasteiger partial charge in [-0.25, -0.2) is 4.98 Å². The first-order valence-electron chi connectivity index (χ1n) is 13.3. The monoisotopic (exact) mass is 516 g/mol. The van der Waals surface area contributed by atoms with Gasteiger partial charge in [0.05, 0.1) is 38.8 Å². The molecule has 1 saturated heterocycles. The number of H-pyrrole nitrogens is 1. The van der Waals surface area contributed by atoms with Crippen LogP contribution in [-0.2, 0) is 32.8 Å². The first kappa shape index (κ1) is 26.0. The molecule has 0 unspecified atom stereocenters. The molecule has 1 atom stereocenters. The zero-order chi connectivity index (χ0) is 26.5. The van der Waals surface area contributed by atoms with Crippen molar-refractivity contribution in [2.75, 3.05) is 26.8 Å². The topological polar surface area (TPSA) is 96.5 Å². The molecular formula is C30H36N4O4. The van der Waals surface area contributed by atoms with E-state index in [1.807, 2.05) is 41.3 Å². The molecule has 1 aliphatic heterocycles. The summed E-state index contributed by atoms with van der Waals surface area (Å²) in [6.07, 6.45) is 6.96. The molecule has 2 amide bonds. The number of ether oxygens (including phenoxy) is 2. The lowest BCUT2D eigenvalue weighted by atomic mass is 9.82. The molecule has 38 heavy (non-hydrogen) atoms. The van der Waals surface area contributed by atoms with Crippen LogP contribution in [0.5, 0.6) is 5.75 Å². The van der Waals surface area contributed by atoms with Gasteiger partial charge in [-0.15, -0.1) is 0 Å². The van der Waals surface area contributed by atoms with E-state index in [4.69, 9.17) is 9.47 Å². The van der Waals surface area contributed by atoms with Gasteiger partial charge in [0.2, 0.25) is 11.8 Å². The Balaban J connectivity index is 1.30. The number of carbonyl (C=O) groups excluding carboxylic acids is 2. The average Bonchev–Trinajstić information content (AvgIpc) is 3.59. The van der Waals surface area contributed by atoms with E-state index in [1.54, 1.807) is 19.6 Å². The number of likely N-dealkylation sites (tertiary alicyclic amines) is 1. The molecule has 8 heteroatoms. The number of nitrogens with zero attached hydrogens (tertiary/aromatic N) is 2. The highest BCUT2D eigenvalue weighted by atomic mass is 16.5. The average molecular weight is 517 g/mol. The summed E-state index contributed by atoms with van der Waals surface area (Å²) in [7, 11) is 1.62. The number of aromatic nitrogens is 2. The highest BCUT2D eigenvalue weighted by molar-refractivity contribution is 5.88. The summed E-state index contributed by atoms with van der Waals surface area (Å²) in [6.45, 7) is 3.76. The first-order chi connectivity index (χ1) is 18.5. The molecule has 1 aliphatic carbocycles. The zero-order valence-corrected chi connectivity index (χ0v) is 22.1. The molecule has 0 bridgehead atoms. The van der Waals surface area contributed by atoms with Crippen molar-refractivity contribution >= 4 is 11.8 Å². The number of imidazole rings is 1. The van der Waals surface area contributed by atoms with Crippen molar-refractivity contribution in [3.8, 4) is 5.75 Å². The third-order valence-corrected chi connectivity index (χ3v) is 7.53. The zero-order valence-electron chi connectivity index (χ0n) is 22.1. The number of aryl methyl sites for hydroxylation is 2. The van der Waals surface area contributed by atoms with Gasteiger partial charge in [-0.1, -0.05) is 36.4 Å². The Kier molecular flexibility index (Phi) is 7.79. The summed E-state index contributed by atoms with van der Waals surface area (Å²) < 4.78 is 11.8. The maximum absolute atomic E-state index is 13.8. The van der Waals surface area contributed by atoms with Crippen LogP contribution in [0.1, 0.15) is 41.6 Å². The minimum absolute atomic E-state index is 0.0897. The van der Waals surface area contributed by atoms with E-state index in [0.717, 1.165) is 34.7 Å². The summed E-state index contributed by atoms with van der Waals surface area (Å²) >= 11 is 0. The van der Waals surface area contributed by atoms with E-state index in [9.17, 15) is 9.59 Å². The molecule has 2 aliphatic rings. The maximum atomic E-state index is 13.8. The van der Waals surface area contributed by atoms with Crippen molar-refractivity contribution in [1.29, 1.82) is 0 Å². The fraction of sp³-hybridized carbons (Fsp3) is 0.433. The van der Waals surface area contributed by atoms with Crippen molar-refractivity contribution in [2.45, 2.75) is 50.7 Å². The van der Waals surface area contributed by atoms with Crippen LogP contribution in [0.25, 0.3) is 0 Å². The molecule has 0 spiro atoms. The molecule has 3 aromatic rings. The van der Waals surface area contributed by atoms with E-state index in [2.05, 4.69) is 34.3 Å². The van der Waals surface area contributed by atoms with E-state index in [1.165, 1.54) is 12.8 Å². The van der Waals surface area contributed by atoms with Crippen LogP contribution in [0.15, 0.2) is 61.1 Å². The van der Waals surface area contributed by atoms with Crippen molar-refractivity contribution < 1.29 is 19.1 Å². The largest absolute Gasteiger partial charge is 0.497 e. The quantitative estimate of drug-likeness (QED) is 0.384. The minimum atomic E-state index is -0.673. The van der Waals surface area contributed by atoms with Gasteiger partial charge < -0.3 is 24.7 Å². The van der Waals surface area contributed by atoms with Gasteiger partial charge in [0, 0.05) is 19.0 Å². The summed E-state index contributed by atoms with van der Waals surface area (Å²) in [6, 6.07) is 15.2. The van der Waals surface area contributed by atoms with Gasteiger partial charge in [0.25, 0.3) is 0 Å². The number of aromatic amines is 1. The minimum Gasteiger partial charge on any atom is -0.497 e. The van der Waals surface area contributed by atoms with E-state index in [-0.39, 0.29) is 18.2 Å². The first-order valence-corrected chi connectivity index (χ1v) is 13.3. The van der Waals surface area contributed by atoms with E-state index < -0.39 is 11.6 Å². The highest BCUT2D eigenvalue weighted by Gasteiger charge is 2.50. The van der Waals surface area contributed by atoms with Crippen LogP contribution >= 0.6 is 0 Å². The number of carbonyl (C=O) groups is 2. The summed E-state index contributed by atoms with van der Waals surface area (Å²) in [5, 5.41) is 3.00. The Morgan fingerprint density at radius 2 is 1.92 bits per heavy atom. The number of hydrogen-bond acceptors (Lipinski definition) is 5. The van der Waals surface area contributed by atoms with E-state index in [0.29, 0.717) is 31.8 Å². The third-order valence-electron chi connectivity index (χ3n) is 7.53. The van der Waals surface area contributed by atoms with Gasteiger partial charge in [0.1, 0.15) is 17.4 Å². The van der Waals surface area contributed by atoms with Crippen LogP contribution in [-0.4, -0.2) is 59.5 Å². The molecule has 8 nitrogen and oxygen atoms in total. The van der Waals surface area contributed by atoms with Crippen molar-refractivity contribution in [3.63, 3.8) is 0 Å². The molecule has 1 saturated carbocycles. The van der Waals surface area contributed by atoms with Crippen LogP contribution in [0, 0.1) is 12.8 Å². The summed E-state index contributed by atoms with van der Waals surface area (Å²) in [5.74, 6) is 1.11. The second-order valence-electron chi connectivity index (χ2n) is 10.5. The Bertz CT molecular complexity index is 1230. The Morgan fingerprint density at radius 3 is 2.58 bits per heavy atom. The van der Waals surface area contributed by atoms with Gasteiger partial charge in [0.15, 0.2) is 0 Å². The van der Waals surface area contributed by atoms with Crippen molar-refractivity contribution in [2.24, 2.45) is 5.92 Å². The molecule has 2 N–H and O–H groups in total. The van der Waals surface area contributed by atoms with Crippen LogP contribution in [0.2, 0.25) is 0 Å². The fourth-order valence-electron chi connectivity index (χ4n) is 5.07. The Labute approximate surface area is 223 Å². The normalized spacial score (nSPS) is 16.9. The van der Waals surface area contributed by atoms with Crippen molar-refractivity contribution in [1.82, 2.24) is 20.2 Å². The summed E-state index contributed by atoms with van der Waals surface area (Å²) in [4.78, 5) is 35.6. The lowest BCUT2D eigenvalue weighted by Crippen LogP contribution is -2.66. The second-order valence-corrected chi connectivity index (χ2v) is 10.5. The van der Waals surface area contributed by atoms with Gasteiger partial charge in [-0.05, 0) is 60.9 Å². The predicted octanol–water partition coefficient (Wildman–Crippen LogP) is 3.55. The van der Waals surface area contributed by atoms with Gasteiger partial charge >= 0.3 is 0 Å². The second kappa shape index (κ2) is 11.4. The Hall–Kier alpha value is -3.65. The molecule has 5 rings (SSSR count). The lowest BCUT2D eigenvalue weighted by Gasteiger charge is -2.51. The van der Waals surface area contributed by atoms with Crippen LogP contribution < -0.4 is 10.1 Å². The molecule has 2 fully saturated rings. The maximum Gasteiger partial charge on any atom is 0.245 e. The number of hydrogen-bond donors (Lipinski definition) is 2. The molecule has 2 aromatic carbocycles. The number of benzene rings is 2. The van der Waals surface area contributed by atoms with E-state index >= 15 is 0 Å². The number of nitrogens with one attached hydrogen (secondary N) is 2. The lowest BCUT2D eigenvalue weighted by molar-refractivity contribution is -0.176. The van der Waals surface area contributed by atoms with Crippen molar-refractivity contribution in [3.05, 3.63) is 83.4 Å². The number of rotatable bonds is 12. The predicted molar refractivity (Wildman–Crippen MR) is 144 cm³/mol. The van der Waals surface area contributed by atoms with Gasteiger partial charge in [-0.2, -0.15) is 0 Å². The van der Waals surface area contributed by atoms with Crippen LogP contribution in [0.4, 0.5) is 0 Å². The third kappa shape index (κ3) is 6.07. The summed E-state index contributed by atoms with van der Waals surface area (Å²) in [5.41, 5.74) is 3.57. The Morgan fingerprint density at radius 1 is 1.16 bits per heavy atom. The fourth-order valence-corrected chi connectivity index (χ4v) is 5.07. The molecular weight excluding hydrogens is 480 g/mol. The molecule has 1 aromatic heterocycles. The van der Waals surface area contributed by atoms with Crippen LogP contribution in [0.3, 0.4) is 0 Å². The number of amides is 2. The molecule has 0 radical (unpaired) electrons. The highest BCUT2D eigenvalue weighted by Crippen LogP contribution is 2.40. The molecule has 200 valence electrons. The molecule has 2 heterocycles. The van der Waals surface area contributed by atoms with Gasteiger partial charge in [-0.3, -0.25) is 9.59 Å². The standard InChI is InChI=1S/C30H36N4O4/c1-21-5-3-4-6-26(21)30(38-17-23-7-8-23)18-34(19-30)29(36)27(15-22-9-12-25(37-2)13-10-22)33-28(35)14-11-24-16-31-20-32-24/h3-6,9-10,12-13,16,20,23,27H,7-8,11,14-15,17-19H2,1-2H3,(H,31,32)(H,33,35)/t27-/m1/s1. The smallest absolute Gasteiger partial charge is 0.245 e.